The first-order valence-corrected chi connectivity index (χ1v) is 4.14. The zero-order chi connectivity index (χ0) is 11.6. The van der Waals surface area contributed by atoms with Gasteiger partial charge in [-0.2, -0.15) is 0 Å². The molecule has 1 aliphatic rings. The van der Waals surface area contributed by atoms with E-state index in [2.05, 4.69) is 0 Å². The molecule has 0 aromatic heterocycles. The van der Waals surface area contributed by atoms with Crippen LogP contribution in [0.15, 0.2) is 23.9 Å². The molecule has 2 unspecified atom stereocenters. The van der Waals surface area contributed by atoms with Crippen LogP contribution in [0.1, 0.15) is 0 Å². The van der Waals surface area contributed by atoms with Gasteiger partial charge in [-0.1, -0.05) is 11.6 Å². The Labute approximate surface area is 88.6 Å². The van der Waals surface area contributed by atoms with Gasteiger partial charge >= 0.3 is 0 Å². The van der Waals surface area contributed by atoms with Crippen molar-refractivity contribution in [1.29, 1.82) is 0 Å². The second kappa shape index (κ2) is 3.93. The Bertz CT molecular complexity index is 368. The van der Waals surface area contributed by atoms with Gasteiger partial charge in [-0.25, -0.2) is 5.43 Å². The molecule has 0 fully saturated rings. The Balaban J connectivity index is 3.10. The van der Waals surface area contributed by atoms with E-state index in [0.29, 0.717) is 0 Å². The molecule has 0 bridgehead atoms. The molecule has 3 N–H and O–H groups in total. The maximum Gasteiger partial charge on any atom is 0.274 e. The van der Waals surface area contributed by atoms with Gasteiger partial charge in [0.05, 0.1) is 11.0 Å². The summed E-state index contributed by atoms with van der Waals surface area (Å²) in [6, 6.07) is -1.49. The van der Waals surface area contributed by atoms with E-state index >= 15 is 0 Å². The molecule has 0 aromatic rings. The van der Waals surface area contributed by atoms with Crippen LogP contribution < -0.4 is 11.3 Å². The van der Waals surface area contributed by atoms with Crippen LogP contribution in [0.4, 0.5) is 0 Å². The van der Waals surface area contributed by atoms with Crippen LogP contribution in [0.25, 0.3) is 0 Å². The van der Waals surface area contributed by atoms with E-state index < -0.39 is 20.9 Å². The summed E-state index contributed by atoms with van der Waals surface area (Å²) in [5.74, 6) is 5.05. The molecular weight excluding hydrogens is 228 g/mol. The van der Waals surface area contributed by atoms with Crippen LogP contribution in [0, 0.1) is 20.2 Å². The number of hydrogen-bond acceptors (Lipinski definition) is 6. The average Bonchev–Trinajstić information content (AvgIpc) is 2.17. The molecule has 0 aliphatic heterocycles. The summed E-state index contributed by atoms with van der Waals surface area (Å²) in [4.78, 5) is 17.9. The van der Waals surface area contributed by atoms with Crippen LogP contribution in [0.5, 0.6) is 0 Å². The zero-order valence-corrected chi connectivity index (χ0v) is 8.05. The van der Waals surface area contributed by atoms with E-state index in [-0.39, 0.29) is 5.70 Å². The van der Waals surface area contributed by atoms with Crippen LogP contribution in [-0.2, 0) is 0 Å². The highest BCUT2D eigenvalue weighted by molar-refractivity contribution is 6.25. The third-order valence-electron chi connectivity index (χ3n) is 1.91. The SMILES string of the molecule is NNC1(Cl)C=CC([N+](=O)[O-])=CC1[N+](=O)[O-]. The molecule has 9 heteroatoms. The lowest BCUT2D eigenvalue weighted by molar-refractivity contribution is -0.517. The third-order valence-corrected chi connectivity index (χ3v) is 2.37. The summed E-state index contributed by atoms with van der Waals surface area (Å²) >= 11 is 5.76. The highest BCUT2D eigenvalue weighted by atomic mass is 35.5. The lowest BCUT2D eigenvalue weighted by atomic mass is 10.0. The number of nitrogens with one attached hydrogen (secondary N) is 1. The maximum atomic E-state index is 10.6. The van der Waals surface area contributed by atoms with Crippen molar-refractivity contribution in [2.24, 2.45) is 5.84 Å². The van der Waals surface area contributed by atoms with Gasteiger partial charge in [0.15, 0.2) is 5.00 Å². The number of nitrogens with two attached hydrogens (primary N) is 1. The molecule has 1 rings (SSSR count). The maximum absolute atomic E-state index is 10.6. The molecule has 0 saturated heterocycles. The van der Waals surface area contributed by atoms with Gasteiger partial charge in [-0.3, -0.25) is 26.1 Å². The summed E-state index contributed by atoms with van der Waals surface area (Å²) in [5, 5.41) is 21.0. The summed E-state index contributed by atoms with van der Waals surface area (Å²) in [7, 11) is 0. The lowest BCUT2D eigenvalue weighted by Gasteiger charge is -2.25. The van der Waals surface area contributed by atoms with E-state index in [1.165, 1.54) is 0 Å². The van der Waals surface area contributed by atoms with E-state index in [1.807, 2.05) is 5.43 Å². The minimum absolute atomic E-state index is 0.386. The Hall–Kier alpha value is -1.51. The summed E-state index contributed by atoms with van der Waals surface area (Å²) in [6.07, 6.45) is 2.99. The molecule has 0 spiro atoms. The summed E-state index contributed by atoms with van der Waals surface area (Å²) in [6.45, 7) is 0. The summed E-state index contributed by atoms with van der Waals surface area (Å²) in [5.41, 5.74) is 1.66. The summed E-state index contributed by atoms with van der Waals surface area (Å²) < 4.78 is 0. The van der Waals surface area contributed by atoms with Crippen molar-refractivity contribution in [3.63, 3.8) is 0 Å². The molecule has 0 aromatic carbocycles. The van der Waals surface area contributed by atoms with Gasteiger partial charge in [0, 0.05) is 11.0 Å². The third kappa shape index (κ3) is 2.12. The number of rotatable bonds is 3. The van der Waals surface area contributed by atoms with E-state index in [1.54, 1.807) is 0 Å². The van der Waals surface area contributed by atoms with Gasteiger partial charge in [0.1, 0.15) is 0 Å². The second-order valence-corrected chi connectivity index (χ2v) is 3.45. The number of hydrazine groups is 1. The first kappa shape index (κ1) is 11.6. The molecule has 82 valence electrons. The Kier molecular flexibility index (Phi) is 3.03. The topological polar surface area (TPSA) is 124 Å². The molecule has 0 radical (unpaired) electrons. The van der Waals surface area contributed by atoms with Crippen LogP contribution >= 0.6 is 11.6 Å². The molecule has 0 heterocycles. The predicted octanol–water partition coefficient (Wildman–Crippen LogP) is -0.240. The Morgan fingerprint density at radius 1 is 1.53 bits per heavy atom. The van der Waals surface area contributed by atoms with Crippen molar-refractivity contribution >= 4 is 11.6 Å². The van der Waals surface area contributed by atoms with E-state index in [4.69, 9.17) is 17.4 Å². The van der Waals surface area contributed by atoms with Crippen LogP contribution in [0.2, 0.25) is 0 Å². The fourth-order valence-electron chi connectivity index (χ4n) is 1.11. The molecular formula is C6H7ClN4O4. The second-order valence-electron chi connectivity index (χ2n) is 2.82. The predicted molar refractivity (Wildman–Crippen MR) is 50.9 cm³/mol. The standard InChI is InChI=1S/C6H7ClN4O4/c7-6(9-8)2-1-4(10(12)13)3-5(6)11(14)15/h1-3,5,9H,8H2. The number of nitrogens with zero attached hydrogens (tertiary/aromatic N) is 2. The van der Waals surface area contributed by atoms with Crippen molar-refractivity contribution in [1.82, 2.24) is 5.43 Å². The fraction of sp³-hybridized carbons (Fsp3) is 0.333. The number of nitro groups is 2. The first-order valence-electron chi connectivity index (χ1n) is 3.76. The minimum atomic E-state index is -1.64. The number of alkyl halides is 1. The highest BCUT2D eigenvalue weighted by Gasteiger charge is 2.45. The first-order chi connectivity index (χ1) is 6.90. The smallest absolute Gasteiger partial charge is 0.269 e. The van der Waals surface area contributed by atoms with E-state index in [9.17, 15) is 20.2 Å². The van der Waals surface area contributed by atoms with Crippen molar-refractivity contribution in [3.8, 4) is 0 Å². The Morgan fingerprint density at radius 3 is 2.53 bits per heavy atom. The van der Waals surface area contributed by atoms with Gasteiger partial charge in [-0.15, -0.1) is 0 Å². The molecule has 2 atom stereocenters. The van der Waals surface area contributed by atoms with Gasteiger partial charge < -0.3 is 0 Å². The van der Waals surface area contributed by atoms with Crippen molar-refractivity contribution in [2.45, 2.75) is 11.0 Å². The monoisotopic (exact) mass is 234 g/mol. The van der Waals surface area contributed by atoms with Gasteiger partial charge in [-0.05, 0) is 6.08 Å². The van der Waals surface area contributed by atoms with Crippen LogP contribution in [0.3, 0.4) is 0 Å². The van der Waals surface area contributed by atoms with Crippen molar-refractivity contribution in [3.05, 3.63) is 44.2 Å². The zero-order valence-electron chi connectivity index (χ0n) is 7.29. The molecule has 0 saturated carbocycles. The minimum Gasteiger partial charge on any atom is -0.269 e. The van der Waals surface area contributed by atoms with Crippen molar-refractivity contribution < 1.29 is 9.85 Å². The molecule has 15 heavy (non-hydrogen) atoms. The Morgan fingerprint density at radius 2 is 2.13 bits per heavy atom. The van der Waals surface area contributed by atoms with E-state index in [0.717, 1.165) is 18.2 Å². The fourth-order valence-corrected chi connectivity index (χ4v) is 1.32. The molecule has 1 aliphatic carbocycles. The molecule has 8 nitrogen and oxygen atoms in total. The lowest BCUT2D eigenvalue weighted by Crippen LogP contribution is -2.55. The largest absolute Gasteiger partial charge is 0.274 e. The van der Waals surface area contributed by atoms with Crippen LogP contribution in [-0.4, -0.2) is 20.9 Å². The van der Waals surface area contributed by atoms with Gasteiger partial charge in [0.25, 0.3) is 11.7 Å². The average molecular weight is 235 g/mol. The number of hydrogen-bond donors (Lipinski definition) is 2. The van der Waals surface area contributed by atoms with Gasteiger partial charge in [0.2, 0.25) is 0 Å². The number of halogens is 1. The quantitative estimate of drug-likeness (QED) is 0.228. The molecule has 0 amide bonds. The number of allylic oxidation sites excluding steroid dienone is 1. The van der Waals surface area contributed by atoms with Crippen molar-refractivity contribution in [2.75, 3.05) is 0 Å². The highest BCUT2D eigenvalue weighted by Crippen LogP contribution is 2.26. The normalized spacial score (nSPS) is 29.7.